The van der Waals surface area contributed by atoms with Crippen LogP contribution in [-0.2, 0) is 6.61 Å². The zero-order valence-corrected chi connectivity index (χ0v) is 12.1. The number of anilines is 1. The number of nitrogens with two attached hydrogens (primary N) is 1. The molecule has 0 radical (unpaired) electrons. The maximum atomic E-state index is 12.9. The van der Waals surface area contributed by atoms with Gasteiger partial charge in [0.25, 0.3) is 0 Å². The van der Waals surface area contributed by atoms with E-state index < -0.39 is 6.10 Å². The fourth-order valence-electron chi connectivity index (χ4n) is 2.02. The van der Waals surface area contributed by atoms with Crippen molar-refractivity contribution < 1.29 is 24.1 Å². The molecular formula is C16H18FNO4. The summed E-state index contributed by atoms with van der Waals surface area (Å²) in [6.45, 7) is -0.232. The molecule has 0 heterocycles. The van der Waals surface area contributed by atoms with Crippen molar-refractivity contribution in [3.8, 4) is 11.5 Å². The highest BCUT2D eigenvalue weighted by Gasteiger charge is 2.14. The standard InChI is InChI=1S/C16H18FNO4/c1-21-15-7-10(8-19)6-13(18)16(15)22-9-14(20)11-2-4-12(17)5-3-11/h2-7,14,19-20H,8-9,18H2,1H3. The quantitative estimate of drug-likeness (QED) is 0.711. The molecule has 0 aliphatic carbocycles. The van der Waals surface area contributed by atoms with E-state index in [9.17, 15) is 9.50 Å². The first-order valence-corrected chi connectivity index (χ1v) is 6.68. The average molecular weight is 307 g/mol. The van der Waals surface area contributed by atoms with Gasteiger partial charge in [0.2, 0.25) is 0 Å². The number of hydrogen-bond acceptors (Lipinski definition) is 5. The van der Waals surface area contributed by atoms with Crippen LogP contribution in [0, 0.1) is 5.82 Å². The predicted molar refractivity (Wildman–Crippen MR) is 80.2 cm³/mol. The molecule has 1 unspecified atom stereocenters. The highest BCUT2D eigenvalue weighted by atomic mass is 19.1. The SMILES string of the molecule is COc1cc(CO)cc(N)c1OCC(O)c1ccc(F)cc1. The molecule has 0 bridgehead atoms. The molecule has 6 heteroatoms. The Morgan fingerprint density at radius 2 is 1.91 bits per heavy atom. The van der Waals surface area contributed by atoms with Gasteiger partial charge in [-0.1, -0.05) is 12.1 Å². The van der Waals surface area contributed by atoms with Gasteiger partial charge in [-0.05, 0) is 35.4 Å². The van der Waals surface area contributed by atoms with E-state index in [1.807, 2.05) is 0 Å². The third-order valence-electron chi connectivity index (χ3n) is 3.19. The molecule has 0 saturated heterocycles. The van der Waals surface area contributed by atoms with Crippen molar-refractivity contribution in [1.82, 2.24) is 0 Å². The molecule has 5 nitrogen and oxygen atoms in total. The monoisotopic (exact) mass is 307 g/mol. The second-order valence-electron chi connectivity index (χ2n) is 4.75. The van der Waals surface area contributed by atoms with E-state index in [1.165, 1.54) is 31.4 Å². The number of halogens is 1. The van der Waals surface area contributed by atoms with Crippen LogP contribution in [0.2, 0.25) is 0 Å². The molecule has 1 atom stereocenters. The van der Waals surface area contributed by atoms with Crippen molar-refractivity contribution in [1.29, 1.82) is 0 Å². The van der Waals surface area contributed by atoms with Crippen molar-refractivity contribution in [3.63, 3.8) is 0 Å². The van der Waals surface area contributed by atoms with Crippen molar-refractivity contribution >= 4 is 5.69 Å². The number of rotatable bonds is 6. The highest BCUT2D eigenvalue weighted by Crippen LogP contribution is 2.35. The average Bonchev–Trinajstić information content (AvgIpc) is 2.53. The number of nitrogen functional groups attached to an aromatic ring is 1. The molecule has 0 aliphatic rings. The lowest BCUT2D eigenvalue weighted by Crippen LogP contribution is -2.11. The summed E-state index contributed by atoms with van der Waals surface area (Å²) in [7, 11) is 1.46. The Kier molecular flexibility index (Phi) is 5.19. The van der Waals surface area contributed by atoms with E-state index in [2.05, 4.69) is 0 Å². The van der Waals surface area contributed by atoms with Crippen molar-refractivity contribution in [2.75, 3.05) is 19.5 Å². The molecule has 0 aromatic heterocycles. The Bertz CT molecular complexity index is 631. The normalized spacial score (nSPS) is 12.0. The highest BCUT2D eigenvalue weighted by molar-refractivity contribution is 5.62. The van der Waals surface area contributed by atoms with Gasteiger partial charge in [-0.25, -0.2) is 4.39 Å². The largest absolute Gasteiger partial charge is 0.493 e. The lowest BCUT2D eigenvalue weighted by Gasteiger charge is -2.17. The second kappa shape index (κ2) is 7.11. The summed E-state index contributed by atoms with van der Waals surface area (Å²) in [5, 5.41) is 19.2. The van der Waals surface area contributed by atoms with Gasteiger partial charge in [-0.3, -0.25) is 0 Å². The van der Waals surface area contributed by atoms with E-state index in [0.29, 0.717) is 28.3 Å². The number of hydrogen-bond donors (Lipinski definition) is 3. The molecule has 0 saturated carbocycles. The Labute approximate surface area is 127 Å². The van der Waals surface area contributed by atoms with E-state index >= 15 is 0 Å². The van der Waals surface area contributed by atoms with Crippen LogP contribution in [-0.4, -0.2) is 23.9 Å². The first-order chi connectivity index (χ1) is 10.5. The second-order valence-corrected chi connectivity index (χ2v) is 4.75. The van der Waals surface area contributed by atoms with E-state index in [4.69, 9.17) is 20.3 Å². The van der Waals surface area contributed by atoms with Gasteiger partial charge >= 0.3 is 0 Å². The maximum absolute atomic E-state index is 12.9. The van der Waals surface area contributed by atoms with E-state index in [0.717, 1.165) is 0 Å². The summed E-state index contributed by atoms with van der Waals surface area (Å²) in [5.74, 6) is 0.290. The molecule has 2 aromatic rings. The molecule has 22 heavy (non-hydrogen) atoms. The fraction of sp³-hybridized carbons (Fsp3) is 0.250. The lowest BCUT2D eigenvalue weighted by molar-refractivity contribution is 0.106. The van der Waals surface area contributed by atoms with Gasteiger partial charge in [0.1, 0.15) is 18.5 Å². The summed E-state index contributed by atoms with van der Waals surface area (Å²) >= 11 is 0. The zero-order valence-electron chi connectivity index (χ0n) is 12.1. The first-order valence-electron chi connectivity index (χ1n) is 6.68. The number of benzene rings is 2. The number of aliphatic hydroxyl groups is 2. The molecule has 4 N–H and O–H groups in total. The van der Waals surface area contributed by atoms with Crippen LogP contribution in [0.25, 0.3) is 0 Å². The number of methoxy groups -OCH3 is 1. The molecule has 2 rings (SSSR count). The van der Waals surface area contributed by atoms with E-state index in [-0.39, 0.29) is 19.0 Å². The Balaban J connectivity index is 2.12. The topological polar surface area (TPSA) is 84.9 Å². The minimum absolute atomic E-state index is 0.0648. The summed E-state index contributed by atoms with van der Waals surface area (Å²) in [5.41, 5.74) is 7.30. The number of aliphatic hydroxyl groups excluding tert-OH is 2. The van der Waals surface area contributed by atoms with Crippen LogP contribution < -0.4 is 15.2 Å². The maximum Gasteiger partial charge on any atom is 0.184 e. The van der Waals surface area contributed by atoms with Crippen LogP contribution in [0.3, 0.4) is 0 Å². The number of ether oxygens (including phenoxy) is 2. The van der Waals surface area contributed by atoms with Crippen LogP contribution in [0.15, 0.2) is 36.4 Å². The molecule has 0 aliphatic heterocycles. The zero-order chi connectivity index (χ0) is 16.1. The van der Waals surface area contributed by atoms with Gasteiger partial charge in [-0.15, -0.1) is 0 Å². The van der Waals surface area contributed by atoms with Crippen molar-refractivity contribution in [3.05, 3.63) is 53.3 Å². The van der Waals surface area contributed by atoms with Crippen LogP contribution in [0.5, 0.6) is 11.5 Å². The van der Waals surface area contributed by atoms with Gasteiger partial charge < -0.3 is 25.4 Å². The van der Waals surface area contributed by atoms with Gasteiger partial charge in [0.15, 0.2) is 11.5 Å². The van der Waals surface area contributed by atoms with Gasteiger partial charge in [0, 0.05) is 0 Å². The van der Waals surface area contributed by atoms with Crippen molar-refractivity contribution in [2.45, 2.75) is 12.7 Å². The lowest BCUT2D eigenvalue weighted by atomic mass is 10.1. The van der Waals surface area contributed by atoms with Crippen LogP contribution in [0.1, 0.15) is 17.2 Å². The minimum atomic E-state index is -0.928. The minimum Gasteiger partial charge on any atom is -0.493 e. The Morgan fingerprint density at radius 3 is 2.50 bits per heavy atom. The van der Waals surface area contributed by atoms with Crippen molar-refractivity contribution in [2.24, 2.45) is 0 Å². The molecule has 0 spiro atoms. The first kappa shape index (κ1) is 16.1. The fourth-order valence-corrected chi connectivity index (χ4v) is 2.02. The predicted octanol–water partition coefficient (Wildman–Crippen LogP) is 2.02. The molecular weight excluding hydrogens is 289 g/mol. The summed E-state index contributed by atoms with van der Waals surface area (Å²) in [6, 6.07) is 8.68. The third kappa shape index (κ3) is 3.66. The molecule has 0 amide bonds. The van der Waals surface area contributed by atoms with Gasteiger partial charge in [0.05, 0.1) is 19.4 Å². The van der Waals surface area contributed by atoms with Crippen LogP contribution >= 0.6 is 0 Å². The third-order valence-corrected chi connectivity index (χ3v) is 3.19. The van der Waals surface area contributed by atoms with Crippen LogP contribution in [0.4, 0.5) is 10.1 Å². The van der Waals surface area contributed by atoms with Gasteiger partial charge in [-0.2, -0.15) is 0 Å². The molecule has 118 valence electrons. The summed E-state index contributed by atoms with van der Waals surface area (Å²) in [4.78, 5) is 0. The Morgan fingerprint density at radius 1 is 1.23 bits per heavy atom. The Hall–Kier alpha value is -2.31. The van der Waals surface area contributed by atoms with E-state index in [1.54, 1.807) is 12.1 Å². The summed E-state index contributed by atoms with van der Waals surface area (Å²) in [6.07, 6.45) is -0.928. The molecule has 2 aromatic carbocycles. The molecule has 0 fully saturated rings. The smallest absolute Gasteiger partial charge is 0.184 e. The summed E-state index contributed by atoms with van der Waals surface area (Å²) < 4.78 is 23.6.